The summed E-state index contributed by atoms with van der Waals surface area (Å²) in [6.07, 6.45) is 5.77. The standard InChI is InChI=1S/C6H10N2.C3H6O3/c1-2-4-8-5-3-7-6-8;1-2(4)3(5)6/h3,5-6H,2,4H2,1H3;2,4H,1H3,(H,5,6)/t;2-/m.0/s1. The quantitative estimate of drug-likeness (QED) is 0.603. The van der Waals surface area contributed by atoms with Gasteiger partial charge >= 0.3 is 0 Å². The lowest BCUT2D eigenvalue weighted by atomic mass is 10.4. The molecule has 5 heteroatoms. The van der Waals surface area contributed by atoms with Crippen molar-refractivity contribution >= 4 is 5.97 Å². The third-order valence-electron chi connectivity index (χ3n) is 1.43. The number of nitrogens with one attached hydrogen (secondary N) is 1. The highest BCUT2D eigenvalue weighted by Crippen LogP contribution is 1.74. The Bertz CT molecular complexity index is 245. The summed E-state index contributed by atoms with van der Waals surface area (Å²) in [5.74, 6) is -1.44. The first-order valence-electron chi connectivity index (χ1n) is 4.48. The van der Waals surface area contributed by atoms with Crippen molar-refractivity contribution in [3.63, 3.8) is 0 Å². The van der Waals surface area contributed by atoms with Crippen LogP contribution in [-0.4, -0.2) is 22.2 Å². The lowest BCUT2D eigenvalue weighted by Crippen LogP contribution is -2.32. The van der Waals surface area contributed by atoms with E-state index < -0.39 is 12.1 Å². The van der Waals surface area contributed by atoms with Gasteiger partial charge in [-0.25, -0.2) is 4.57 Å². The van der Waals surface area contributed by atoms with Crippen LogP contribution in [0.3, 0.4) is 0 Å². The number of aryl methyl sites for hydroxylation is 1. The normalized spacial score (nSPS) is 11.4. The third kappa shape index (κ3) is 6.19. The second kappa shape index (κ2) is 7.08. The molecule has 0 aromatic carbocycles. The van der Waals surface area contributed by atoms with Gasteiger partial charge in [-0.05, 0) is 13.3 Å². The van der Waals surface area contributed by atoms with Crippen LogP contribution in [0.1, 0.15) is 20.3 Å². The van der Waals surface area contributed by atoms with E-state index in [-0.39, 0.29) is 0 Å². The lowest BCUT2D eigenvalue weighted by Gasteiger charge is -2.00. The van der Waals surface area contributed by atoms with Crippen LogP contribution in [0.2, 0.25) is 0 Å². The van der Waals surface area contributed by atoms with Crippen LogP contribution in [0.4, 0.5) is 0 Å². The zero-order valence-electron chi connectivity index (χ0n) is 8.43. The van der Waals surface area contributed by atoms with Gasteiger partial charge in [0.05, 0.1) is 18.6 Å². The van der Waals surface area contributed by atoms with Crippen molar-refractivity contribution in [3.8, 4) is 0 Å². The van der Waals surface area contributed by atoms with Crippen LogP contribution in [0.25, 0.3) is 0 Å². The molecule has 0 fully saturated rings. The van der Waals surface area contributed by atoms with E-state index >= 15 is 0 Å². The maximum Gasteiger partial charge on any atom is 0.241 e. The SMILES string of the molecule is CCC[n+]1cc[nH]c1.C[C@H](O)C(=O)[O-]. The average molecular weight is 200 g/mol. The molecule has 14 heavy (non-hydrogen) atoms. The predicted octanol–water partition coefficient (Wildman–Crippen LogP) is -1.17. The molecule has 5 nitrogen and oxygen atoms in total. The van der Waals surface area contributed by atoms with Crippen molar-refractivity contribution in [3.05, 3.63) is 18.7 Å². The van der Waals surface area contributed by atoms with Crippen molar-refractivity contribution in [2.75, 3.05) is 0 Å². The Morgan fingerprint density at radius 2 is 2.29 bits per heavy atom. The topological polar surface area (TPSA) is 80.0 Å². The number of H-pyrrole nitrogens is 1. The van der Waals surface area contributed by atoms with E-state index in [4.69, 9.17) is 5.11 Å². The Hall–Kier alpha value is -1.36. The van der Waals surface area contributed by atoms with Gasteiger partial charge in [-0.3, -0.25) is 4.98 Å². The summed E-state index contributed by atoms with van der Waals surface area (Å²) < 4.78 is 2.12. The van der Waals surface area contributed by atoms with Crippen LogP contribution in [0.5, 0.6) is 0 Å². The first-order valence-corrected chi connectivity index (χ1v) is 4.48. The summed E-state index contributed by atoms with van der Waals surface area (Å²) in [4.78, 5) is 12.3. The number of rotatable bonds is 3. The fourth-order valence-corrected chi connectivity index (χ4v) is 0.718. The zero-order valence-corrected chi connectivity index (χ0v) is 8.43. The molecule has 0 aliphatic rings. The number of aliphatic carboxylic acids is 1. The largest absolute Gasteiger partial charge is 0.547 e. The van der Waals surface area contributed by atoms with E-state index in [1.54, 1.807) is 0 Å². The fraction of sp³-hybridized carbons (Fsp3) is 0.556. The Kier molecular flexibility index (Phi) is 6.39. The van der Waals surface area contributed by atoms with E-state index in [1.807, 2.05) is 18.7 Å². The molecule has 0 saturated heterocycles. The smallest absolute Gasteiger partial charge is 0.241 e. The van der Waals surface area contributed by atoms with E-state index in [9.17, 15) is 9.90 Å². The maximum atomic E-state index is 9.34. The van der Waals surface area contributed by atoms with Crippen molar-refractivity contribution in [1.82, 2.24) is 4.98 Å². The number of aliphatic hydroxyl groups excluding tert-OH is 1. The van der Waals surface area contributed by atoms with E-state index in [1.165, 1.54) is 6.42 Å². The highest BCUT2D eigenvalue weighted by atomic mass is 16.4. The van der Waals surface area contributed by atoms with Gasteiger partial charge in [0.25, 0.3) is 0 Å². The zero-order chi connectivity index (χ0) is 11.0. The van der Waals surface area contributed by atoms with Gasteiger partial charge in [-0.15, -0.1) is 0 Å². The lowest BCUT2D eigenvalue weighted by molar-refractivity contribution is -0.695. The summed E-state index contributed by atoms with van der Waals surface area (Å²) >= 11 is 0. The van der Waals surface area contributed by atoms with Gasteiger partial charge in [-0.1, -0.05) is 6.92 Å². The molecule has 0 radical (unpaired) electrons. The molecule has 1 aromatic rings. The molecule has 1 heterocycles. The second-order valence-corrected chi connectivity index (χ2v) is 2.84. The van der Waals surface area contributed by atoms with Gasteiger partial charge < -0.3 is 15.0 Å². The molecule has 2 N–H and O–H groups in total. The first-order chi connectivity index (χ1) is 6.57. The molecule has 1 atom stereocenters. The summed E-state index contributed by atoms with van der Waals surface area (Å²) in [7, 11) is 0. The monoisotopic (exact) mass is 200 g/mol. The van der Waals surface area contributed by atoms with Crippen molar-refractivity contribution in [2.45, 2.75) is 32.9 Å². The maximum absolute atomic E-state index is 9.34. The molecule has 80 valence electrons. The molecule has 1 rings (SSSR count). The van der Waals surface area contributed by atoms with Crippen LogP contribution in [-0.2, 0) is 11.3 Å². The van der Waals surface area contributed by atoms with Crippen LogP contribution >= 0.6 is 0 Å². The number of nitrogens with zero attached hydrogens (tertiary/aromatic N) is 1. The Labute approximate surface area is 83.0 Å². The number of imidazole rings is 1. The molecular weight excluding hydrogens is 184 g/mol. The minimum atomic E-state index is -1.44. The fourth-order valence-electron chi connectivity index (χ4n) is 0.718. The first kappa shape index (κ1) is 12.6. The van der Waals surface area contributed by atoms with Crippen molar-refractivity contribution < 1.29 is 19.6 Å². The number of carboxylic acids is 1. The van der Waals surface area contributed by atoms with Gasteiger partial charge in [0.1, 0.15) is 12.4 Å². The average Bonchev–Trinajstić information content (AvgIpc) is 2.58. The second-order valence-electron chi connectivity index (χ2n) is 2.84. The van der Waals surface area contributed by atoms with E-state index in [2.05, 4.69) is 16.5 Å². The summed E-state index contributed by atoms with van der Waals surface area (Å²) in [5, 5.41) is 17.3. The van der Waals surface area contributed by atoms with Crippen LogP contribution < -0.4 is 9.67 Å². The molecule has 0 amide bonds. The summed E-state index contributed by atoms with van der Waals surface area (Å²) in [5.41, 5.74) is 0. The van der Waals surface area contributed by atoms with Gasteiger partial charge in [0, 0.05) is 0 Å². The highest BCUT2D eigenvalue weighted by Gasteiger charge is 1.90. The number of carboxylic acid groups (broad SMARTS) is 1. The number of aromatic nitrogens is 2. The summed E-state index contributed by atoms with van der Waals surface area (Å²) in [6, 6.07) is 0. The molecular formula is C9H16N2O3. The molecule has 0 spiro atoms. The minimum absolute atomic E-state index is 1.11. The molecule has 0 aliphatic heterocycles. The Balaban J connectivity index is 0.000000255. The highest BCUT2D eigenvalue weighted by molar-refractivity contribution is 5.68. The van der Waals surface area contributed by atoms with Crippen molar-refractivity contribution in [2.24, 2.45) is 0 Å². The molecule has 0 aliphatic carbocycles. The number of hydrogen-bond donors (Lipinski definition) is 2. The molecule has 0 unspecified atom stereocenters. The van der Waals surface area contributed by atoms with E-state index in [0.717, 1.165) is 13.5 Å². The van der Waals surface area contributed by atoms with Crippen molar-refractivity contribution in [1.29, 1.82) is 0 Å². The minimum Gasteiger partial charge on any atom is -0.547 e. The van der Waals surface area contributed by atoms with E-state index in [0.29, 0.717) is 0 Å². The number of aromatic amines is 1. The number of hydrogen-bond acceptors (Lipinski definition) is 3. The number of carbonyl (C=O) groups is 1. The Morgan fingerprint density at radius 1 is 1.71 bits per heavy atom. The molecule has 1 aromatic heterocycles. The van der Waals surface area contributed by atoms with Gasteiger partial charge in [0.15, 0.2) is 0 Å². The van der Waals surface area contributed by atoms with Gasteiger partial charge in [0.2, 0.25) is 6.33 Å². The van der Waals surface area contributed by atoms with Gasteiger partial charge in [-0.2, -0.15) is 0 Å². The molecule has 0 saturated carbocycles. The predicted molar refractivity (Wildman–Crippen MR) is 48.0 cm³/mol. The summed E-state index contributed by atoms with van der Waals surface area (Å²) in [6.45, 7) is 4.42. The number of carbonyl (C=O) groups excluding carboxylic acids is 1. The van der Waals surface area contributed by atoms with Crippen LogP contribution in [0.15, 0.2) is 18.7 Å². The van der Waals surface area contributed by atoms with Crippen LogP contribution in [0, 0.1) is 0 Å². The molecule has 0 bridgehead atoms. The number of aliphatic hydroxyl groups is 1. The Morgan fingerprint density at radius 3 is 2.57 bits per heavy atom. The third-order valence-corrected chi connectivity index (χ3v) is 1.43.